The van der Waals surface area contributed by atoms with Crippen LogP contribution in [0.25, 0.3) is 0 Å². The van der Waals surface area contributed by atoms with Crippen LogP contribution >= 0.6 is 12.6 Å². The van der Waals surface area contributed by atoms with Gasteiger partial charge in [0.2, 0.25) is 23.6 Å². The third kappa shape index (κ3) is 11.5. The molecule has 1 aromatic rings. The van der Waals surface area contributed by atoms with E-state index in [-0.39, 0.29) is 36.9 Å². The van der Waals surface area contributed by atoms with Gasteiger partial charge in [-0.2, -0.15) is 12.6 Å². The van der Waals surface area contributed by atoms with Crippen molar-refractivity contribution in [1.29, 1.82) is 0 Å². The number of carbonyl (C=O) groups excluding carboxylic acids is 4. The number of amides is 4. The molecule has 0 unspecified atom stereocenters. The zero-order valence-electron chi connectivity index (χ0n) is 22.5. The summed E-state index contributed by atoms with van der Waals surface area (Å²) in [6, 6.07) is -5.18. The highest BCUT2D eigenvalue weighted by Gasteiger charge is 2.31. The van der Waals surface area contributed by atoms with E-state index in [2.05, 4.69) is 43.9 Å². The topological polar surface area (TPSA) is 208 Å². The van der Waals surface area contributed by atoms with Crippen LogP contribution in [-0.2, 0) is 30.4 Å². The Morgan fingerprint density at radius 3 is 1.89 bits per heavy atom. The molecule has 0 spiro atoms. The van der Waals surface area contributed by atoms with Gasteiger partial charge in [0.25, 0.3) is 0 Å². The molecule has 5 atom stereocenters. The van der Waals surface area contributed by atoms with E-state index < -0.39 is 59.8 Å². The first-order chi connectivity index (χ1) is 17.7. The van der Waals surface area contributed by atoms with Gasteiger partial charge < -0.3 is 37.1 Å². The van der Waals surface area contributed by atoms with Crippen molar-refractivity contribution in [2.24, 2.45) is 17.6 Å². The zero-order valence-corrected chi connectivity index (χ0v) is 23.4. The van der Waals surface area contributed by atoms with Crippen LogP contribution in [-0.4, -0.2) is 80.6 Å². The van der Waals surface area contributed by atoms with Crippen LogP contribution in [0.15, 0.2) is 12.5 Å². The molecule has 1 heterocycles. The van der Waals surface area contributed by atoms with E-state index in [9.17, 15) is 29.1 Å². The van der Waals surface area contributed by atoms with Gasteiger partial charge >= 0.3 is 5.97 Å². The number of aliphatic carboxylic acids is 1. The van der Waals surface area contributed by atoms with Crippen molar-refractivity contribution in [1.82, 2.24) is 31.2 Å². The Hall–Kier alpha value is -3.13. The smallest absolute Gasteiger partial charge is 0.326 e. The van der Waals surface area contributed by atoms with Crippen molar-refractivity contribution in [2.75, 3.05) is 5.75 Å². The van der Waals surface area contributed by atoms with E-state index in [4.69, 9.17) is 5.73 Å². The van der Waals surface area contributed by atoms with Gasteiger partial charge in [0.05, 0.1) is 12.4 Å². The predicted molar refractivity (Wildman–Crippen MR) is 144 cm³/mol. The summed E-state index contributed by atoms with van der Waals surface area (Å²) in [5.74, 6) is -3.56. The van der Waals surface area contributed by atoms with Gasteiger partial charge in [0.1, 0.15) is 24.2 Å². The number of hydrogen-bond acceptors (Lipinski definition) is 8. The maximum absolute atomic E-state index is 13.3. The highest BCUT2D eigenvalue weighted by atomic mass is 32.1. The average Bonchev–Trinajstić information content (AvgIpc) is 3.34. The Morgan fingerprint density at radius 1 is 0.868 bits per heavy atom. The summed E-state index contributed by atoms with van der Waals surface area (Å²) in [5, 5.41) is 19.8. The fourth-order valence-corrected chi connectivity index (χ4v) is 3.70. The second-order valence-electron chi connectivity index (χ2n) is 10.1. The molecule has 13 nitrogen and oxygen atoms in total. The molecular formula is C24H41N7O6S. The van der Waals surface area contributed by atoms with Crippen molar-refractivity contribution in [3.8, 4) is 0 Å². The van der Waals surface area contributed by atoms with E-state index >= 15 is 0 Å². The number of rotatable bonds is 16. The lowest BCUT2D eigenvalue weighted by Gasteiger charge is -2.26. The van der Waals surface area contributed by atoms with Gasteiger partial charge in [0.15, 0.2) is 0 Å². The molecule has 0 fully saturated rings. The zero-order chi connectivity index (χ0) is 29.0. The second-order valence-corrected chi connectivity index (χ2v) is 10.4. The predicted octanol–water partition coefficient (Wildman–Crippen LogP) is -0.655. The maximum atomic E-state index is 13.3. The first-order valence-corrected chi connectivity index (χ1v) is 13.2. The Bertz CT molecular complexity index is 941. The average molecular weight is 556 g/mol. The number of carboxylic acids is 1. The fraction of sp³-hybridized carbons (Fsp3) is 0.667. The minimum atomic E-state index is -1.18. The number of nitrogens with one attached hydrogen (secondary N) is 5. The van der Waals surface area contributed by atoms with E-state index in [1.807, 2.05) is 27.7 Å². The molecule has 0 aromatic carbocycles. The first kappa shape index (κ1) is 32.9. The molecule has 4 amide bonds. The minimum Gasteiger partial charge on any atom is -0.480 e. The van der Waals surface area contributed by atoms with Gasteiger partial charge in [0, 0.05) is 24.1 Å². The van der Waals surface area contributed by atoms with Crippen molar-refractivity contribution in [3.05, 3.63) is 18.2 Å². The monoisotopic (exact) mass is 555 g/mol. The van der Waals surface area contributed by atoms with Crippen molar-refractivity contribution in [3.63, 3.8) is 0 Å². The van der Waals surface area contributed by atoms with Gasteiger partial charge in [-0.1, -0.05) is 27.7 Å². The largest absolute Gasteiger partial charge is 0.480 e. The van der Waals surface area contributed by atoms with Crippen LogP contribution < -0.4 is 27.0 Å². The number of H-pyrrole nitrogens is 1. The number of carbonyl (C=O) groups is 5. The molecule has 0 radical (unpaired) electrons. The molecular weight excluding hydrogens is 514 g/mol. The Balaban J connectivity index is 3.06. The third-order valence-corrected chi connectivity index (χ3v) is 5.95. The number of nitrogens with two attached hydrogens (primary N) is 1. The van der Waals surface area contributed by atoms with Crippen LogP contribution in [0.5, 0.6) is 0 Å². The molecule has 214 valence electrons. The highest BCUT2D eigenvalue weighted by Crippen LogP contribution is 2.09. The Labute approximate surface area is 228 Å². The van der Waals surface area contributed by atoms with Crippen LogP contribution in [0, 0.1) is 11.8 Å². The molecule has 0 saturated carbocycles. The number of carboxylic acid groups (broad SMARTS) is 1. The molecule has 0 bridgehead atoms. The summed E-state index contributed by atoms with van der Waals surface area (Å²) in [5.41, 5.74) is 6.18. The number of aromatic nitrogens is 2. The summed E-state index contributed by atoms with van der Waals surface area (Å²) in [6.07, 6.45) is 3.38. The third-order valence-electron chi connectivity index (χ3n) is 5.56. The Morgan fingerprint density at radius 2 is 1.39 bits per heavy atom. The van der Waals surface area contributed by atoms with E-state index in [1.165, 1.54) is 19.4 Å². The quantitative estimate of drug-likeness (QED) is 0.123. The molecule has 0 aliphatic carbocycles. The lowest BCUT2D eigenvalue weighted by molar-refractivity contribution is -0.142. The van der Waals surface area contributed by atoms with Crippen LogP contribution in [0.1, 0.15) is 53.2 Å². The molecule has 38 heavy (non-hydrogen) atoms. The molecule has 8 N–H and O–H groups in total. The number of imidazole rings is 1. The van der Waals surface area contributed by atoms with Gasteiger partial charge in [-0.15, -0.1) is 0 Å². The standard InChI is InChI=1S/C24H41N7O6S/c1-12(2)6-17(29-20(32)14(5)28-21(33)16(25)10-38)22(34)30-18(8-15-9-26-11-27-15)23(35)31-19(24(36)37)7-13(3)4/h9,11-14,16-19,38H,6-8,10,25H2,1-5H3,(H,26,27)(H,28,33)(H,29,32)(H,30,34)(H,31,35)(H,36,37)/t14-,16-,17-,18-,19-/m0/s1. The summed E-state index contributed by atoms with van der Waals surface area (Å²) >= 11 is 3.97. The van der Waals surface area contributed by atoms with E-state index in [0.29, 0.717) is 5.69 Å². The van der Waals surface area contributed by atoms with Crippen LogP contribution in [0.3, 0.4) is 0 Å². The number of nitrogens with zero attached hydrogens (tertiary/aromatic N) is 1. The normalized spacial score (nSPS) is 15.2. The molecule has 0 aliphatic heterocycles. The fourth-order valence-electron chi connectivity index (χ4n) is 3.53. The van der Waals surface area contributed by atoms with Gasteiger partial charge in [-0.05, 0) is 31.6 Å². The second kappa shape index (κ2) is 16.0. The maximum Gasteiger partial charge on any atom is 0.326 e. The minimum absolute atomic E-state index is 0.00383. The Kier molecular flexibility index (Phi) is 13.8. The molecule has 1 aromatic heterocycles. The first-order valence-electron chi connectivity index (χ1n) is 12.5. The lowest BCUT2D eigenvalue weighted by Crippen LogP contribution is -2.58. The summed E-state index contributed by atoms with van der Waals surface area (Å²) in [7, 11) is 0. The van der Waals surface area contributed by atoms with Gasteiger partial charge in [-0.3, -0.25) is 19.2 Å². The number of hydrogen-bond donors (Lipinski definition) is 8. The van der Waals surface area contributed by atoms with Crippen LogP contribution in [0.2, 0.25) is 0 Å². The molecule has 0 aliphatic rings. The molecule has 14 heteroatoms. The number of aromatic amines is 1. The van der Waals surface area contributed by atoms with Crippen molar-refractivity contribution < 1.29 is 29.1 Å². The summed E-state index contributed by atoms with van der Waals surface area (Å²) in [6.45, 7) is 8.85. The van der Waals surface area contributed by atoms with E-state index in [0.717, 1.165) is 0 Å². The summed E-state index contributed by atoms with van der Waals surface area (Å²) < 4.78 is 0. The van der Waals surface area contributed by atoms with E-state index in [1.54, 1.807) is 0 Å². The summed E-state index contributed by atoms with van der Waals surface area (Å²) in [4.78, 5) is 69.6. The highest BCUT2D eigenvalue weighted by molar-refractivity contribution is 7.80. The van der Waals surface area contributed by atoms with Gasteiger partial charge in [-0.25, -0.2) is 9.78 Å². The SMILES string of the molecule is CC(C)C[C@H](NC(=O)[C@H](Cc1cnc[nH]1)NC(=O)[C@H](CC(C)C)NC(=O)[C@H](C)NC(=O)[C@@H](N)CS)C(=O)O. The number of thiol groups is 1. The van der Waals surface area contributed by atoms with Crippen molar-refractivity contribution >= 4 is 42.2 Å². The molecule has 1 rings (SSSR count). The lowest BCUT2D eigenvalue weighted by atomic mass is 10.0. The molecule has 0 saturated heterocycles. The van der Waals surface area contributed by atoms with Crippen molar-refractivity contribution in [2.45, 2.75) is 84.1 Å². The van der Waals surface area contributed by atoms with Crippen LogP contribution in [0.4, 0.5) is 0 Å².